The summed E-state index contributed by atoms with van der Waals surface area (Å²) < 4.78 is 11.5. The molecule has 0 bridgehead atoms. The van der Waals surface area contributed by atoms with Gasteiger partial charge >= 0.3 is 0 Å². The van der Waals surface area contributed by atoms with Gasteiger partial charge in [0, 0.05) is 38.3 Å². The van der Waals surface area contributed by atoms with Crippen LogP contribution in [0.2, 0.25) is 0 Å². The van der Waals surface area contributed by atoms with Crippen molar-refractivity contribution in [2.75, 3.05) is 45.9 Å². The number of nitrogens with zero attached hydrogens (tertiary/aromatic N) is 2. The number of unbranched alkanes of at least 4 members (excludes halogenated alkanes) is 1. The quantitative estimate of drug-likeness (QED) is 0.629. The number of amides is 1. The predicted molar refractivity (Wildman–Crippen MR) is 105 cm³/mol. The van der Waals surface area contributed by atoms with Gasteiger partial charge in [-0.2, -0.15) is 0 Å². The highest BCUT2D eigenvalue weighted by Crippen LogP contribution is 2.29. The molecule has 0 unspecified atom stereocenters. The van der Waals surface area contributed by atoms with E-state index in [0.717, 1.165) is 51.3 Å². The molecule has 26 heavy (non-hydrogen) atoms. The zero-order valence-electron chi connectivity index (χ0n) is 16.8. The van der Waals surface area contributed by atoms with Crippen LogP contribution in [0.15, 0.2) is 18.2 Å². The Balaban J connectivity index is 2.01. The van der Waals surface area contributed by atoms with E-state index < -0.39 is 0 Å². The first-order valence-electron chi connectivity index (χ1n) is 9.96. The SMILES string of the molecule is CCCCOc1ccc(C(=O)N2CCN(CC(C)C)CC2)cc1OCC. The molecular weight excluding hydrogens is 328 g/mol. The summed E-state index contributed by atoms with van der Waals surface area (Å²) in [5.41, 5.74) is 0.675. The molecule has 0 radical (unpaired) electrons. The van der Waals surface area contributed by atoms with E-state index in [0.29, 0.717) is 30.4 Å². The molecule has 0 aliphatic carbocycles. The summed E-state index contributed by atoms with van der Waals surface area (Å²) in [5, 5.41) is 0. The highest BCUT2D eigenvalue weighted by atomic mass is 16.5. The van der Waals surface area contributed by atoms with Gasteiger partial charge in [0.1, 0.15) is 0 Å². The molecule has 5 heteroatoms. The Bertz CT molecular complexity index is 566. The molecule has 1 saturated heterocycles. The van der Waals surface area contributed by atoms with Crippen molar-refractivity contribution < 1.29 is 14.3 Å². The Labute approximate surface area is 158 Å². The summed E-state index contributed by atoms with van der Waals surface area (Å²) in [7, 11) is 0. The van der Waals surface area contributed by atoms with Crippen molar-refractivity contribution >= 4 is 5.91 Å². The third kappa shape index (κ3) is 5.90. The van der Waals surface area contributed by atoms with E-state index in [-0.39, 0.29) is 5.91 Å². The van der Waals surface area contributed by atoms with Crippen molar-refractivity contribution in [2.45, 2.75) is 40.5 Å². The molecular formula is C21H34N2O3. The summed E-state index contributed by atoms with van der Waals surface area (Å²) in [6.07, 6.45) is 2.09. The van der Waals surface area contributed by atoms with E-state index in [1.54, 1.807) is 0 Å². The van der Waals surface area contributed by atoms with Crippen LogP contribution >= 0.6 is 0 Å². The van der Waals surface area contributed by atoms with E-state index in [1.165, 1.54) is 0 Å². The van der Waals surface area contributed by atoms with Crippen LogP contribution in [0.3, 0.4) is 0 Å². The van der Waals surface area contributed by atoms with Gasteiger partial charge in [0.15, 0.2) is 11.5 Å². The van der Waals surface area contributed by atoms with Crippen LogP contribution in [0, 0.1) is 5.92 Å². The van der Waals surface area contributed by atoms with Gasteiger partial charge in [-0.3, -0.25) is 9.69 Å². The summed E-state index contributed by atoms with van der Waals surface area (Å²) >= 11 is 0. The van der Waals surface area contributed by atoms with Crippen LogP contribution in [0.1, 0.15) is 50.9 Å². The number of carbonyl (C=O) groups excluding carboxylic acids is 1. The van der Waals surface area contributed by atoms with Gasteiger partial charge in [-0.05, 0) is 37.5 Å². The summed E-state index contributed by atoms with van der Waals surface area (Å²) in [6.45, 7) is 14.3. The second-order valence-electron chi connectivity index (χ2n) is 7.28. The minimum atomic E-state index is 0.0789. The lowest BCUT2D eigenvalue weighted by molar-refractivity contribution is 0.0623. The molecule has 1 aliphatic rings. The van der Waals surface area contributed by atoms with Gasteiger partial charge in [-0.25, -0.2) is 0 Å². The Kier molecular flexibility index (Phi) is 8.23. The fourth-order valence-corrected chi connectivity index (χ4v) is 3.19. The first kappa shape index (κ1) is 20.6. The average molecular weight is 363 g/mol. The molecule has 0 saturated carbocycles. The molecule has 0 N–H and O–H groups in total. The van der Waals surface area contributed by atoms with Crippen LogP contribution in [-0.4, -0.2) is 61.6 Å². The fourth-order valence-electron chi connectivity index (χ4n) is 3.19. The molecule has 0 aromatic heterocycles. The Hall–Kier alpha value is -1.75. The van der Waals surface area contributed by atoms with Crippen LogP contribution in [0.5, 0.6) is 11.5 Å². The second kappa shape index (κ2) is 10.4. The van der Waals surface area contributed by atoms with Crippen LogP contribution in [0.4, 0.5) is 0 Å². The number of hydrogen-bond donors (Lipinski definition) is 0. The Morgan fingerprint density at radius 2 is 1.81 bits per heavy atom. The molecule has 1 fully saturated rings. The van der Waals surface area contributed by atoms with Gasteiger partial charge in [0.05, 0.1) is 13.2 Å². The lowest BCUT2D eigenvalue weighted by atomic mass is 10.1. The molecule has 0 spiro atoms. The van der Waals surface area contributed by atoms with E-state index in [1.807, 2.05) is 30.0 Å². The molecule has 1 heterocycles. The molecule has 1 aromatic carbocycles. The maximum absolute atomic E-state index is 12.9. The molecule has 2 rings (SSSR count). The summed E-state index contributed by atoms with van der Waals surface area (Å²) in [6, 6.07) is 5.54. The molecule has 146 valence electrons. The van der Waals surface area contributed by atoms with Crippen molar-refractivity contribution in [3.8, 4) is 11.5 Å². The summed E-state index contributed by atoms with van der Waals surface area (Å²) in [5.74, 6) is 2.12. The van der Waals surface area contributed by atoms with E-state index in [9.17, 15) is 4.79 Å². The Morgan fingerprint density at radius 1 is 1.08 bits per heavy atom. The Morgan fingerprint density at radius 3 is 2.42 bits per heavy atom. The second-order valence-corrected chi connectivity index (χ2v) is 7.28. The minimum absolute atomic E-state index is 0.0789. The van der Waals surface area contributed by atoms with Crippen molar-refractivity contribution in [3.63, 3.8) is 0 Å². The third-order valence-electron chi connectivity index (χ3n) is 4.53. The average Bonchev–Trinajstić information content (AvgIpc) is 2.63. The minimum Gasteiger partial charge on any atom is -0.490 e. The number of rotatable bonds is 9. The monoisotopic (exact) mass is 362 g/mol. The van der Waals surface area contributed by atoms with Crippen LogP contribution < -0.4 is 9.47 Å². The summed E-state index contributed by atoms with van der Waals surface area (Å²) in [4.78, 5) is 17.2. The molecule has 1 amide bonds. The highest BCUT2D eigenvalue weighted by Gasteiger charge is 2.23. The molecule has 5 nitrogen and oxygen atoms in total. The number of benzene rings is 1. The number of carbonyl (C=O) groups is 1. The highest BCUT2D eigenvalue weighted by molar-refractivity contribution is 5.95. The number of piperazine rings is 1. The predicted octanol–water partition coefficient (Wildman–Crippen LogP) is 3.68. The first-order chi connectivity index (χ1) is 12.5. The lowest BCUT2D eigenvalue weighted by Crippen LogP contribution is -2.49. The fraction of sp³-hybridized carbons (Fsp3) is 0.667. The van der Waals surface area contributed by atoms with Crippen LogP contribution in [0.25, 0.3) is 0 Å². The molecule has 1 aliphatic heterocycles. The van der Waals surface area contributed by atoms with Crippen molar-refractivity contribution in [1.82, 2.24) is 9.80 Å². The zero-order chi connectivity index (χ0) is 18.9. The van der Waals surface area contributed by atoms with Gasteiger partial charge < -0.3 is 14.4 Å². The standard InChI is InChI=1S/C21H34N2O3/c1-5-7-14-26-19-9-8-18(15-20(19)25-6-2)21(24)23-12-10-22(11-13-23)16-17(3)4/h8-9,15,17H,5-7,10-14,16H2,1-4H3. The van der Waals surface area contributed by atoms with Gasteiger partial charge in [0.25, 0.3) is 5.91 Å². The third-order valence-corrected chi connectivity index (χ3v) is 4.53. The largest absolute Gasteiger partial charge is 0.490 e. The normalized spacial score (nSPS) is 15.3. The van der Waals surface area contributed by atoms with Crippen molar-refractivity contribution in [3.05, 3.63) is 23.8 Å². The number of ether oxygens (including phenoxy) is 2. The maximum Gasteiger partial charge on any atom is 0.254 e. The van der Waals surface area contributed by atoms with Gasteiger partial charge in [0.2, 0.25) is 0 Å². The van der Waals surface area contributed by atoms with Gasteiger partial charge in [-0.15, -0.1) is 0 Å². The molecule has 0 atom stereocenters. The van der Waals surface area contributed by atoms with Crippen LogP contribution in [-0.2, 0) is 0 Å². The number of hydrogen-bond acceptors (Lipinski definition) is 4. The topological polar surface area (TPSA) is 42.0 Å². The lowest BCUT2D eigenvalue weighted by Gasteiger charge is -2.35. The van der Waals surface area contributed by atoms with Gasteiger partial charge in [-0.1, -0.05) is 27.2 Å². The smallest absolute Gasteiger partial charge is 0.254 e. The van der Waals surface area contributed by atoms with E-state index in [4.69, 9.17) is 9.47 Å². The molecule has 1 aromatic rings. The first-order valence-corrected chi connectivity index (χ1v) is 9.96. The zero-order valence-corrected chi connectivity index (χ0v) is 16.8. The van der Waals surface area contributed by atoms with E-state index >= 15 is 0 Å². The van der Waals surface area contributed by atoms with Crippen molar-refractivity contribution in [1.29, 1.82) is 0 Å². The van der Waals surface area contributed by atoms with E-state index in [2.05, 4.69) is 25.7 Å². The van der Waals surface area contributed by atoms with Crippen molar-refractivity contribution in [2.24, 2.45) is 5.92 Å². The maximum atomic E-state index is 12.9.